The minimum atomic E-state index is -0.353. The maximum atomic E-state index is 13.1. The Hall–Kier alpha value is -1.88. The number of amides is 2. The van der Waals surface area contributed by atoms with Crippen molar-refractivity contribution in [2.75, 3.05) is 33.2 Å². The molecule has 2 heterocycles. The molecule has 2 aliphatic heterocycles. The summed E-state index contributed by atoms with van der Waals surface area (Å²) >= 11 is 0. The molecule has 0 aromatic heterocycles. The topological polar surface area (TPSA) is 43.9 Å². The van der Waals surface area contributed by atoms with Crippen molar-refractivity contribution in [1.82, 2.24) is 14.7 Å². The Kier molecular flexibility index (Phi) is 4.90. The molecule has 0 radical (unpaired) electrons. The molecule has 0 N–H and O–H groups in total. The number of carbonyl (C=O) groups excluding carboxylic acids is 2. The van der Waals surface area contributed by atoms with Crippen LogP contribution in [0.5, 0.6) is 0 Å². The second-order valence-corrected chi connectivity index (χ2v) is 7.36. The molecule has 1 aromatic rings. The second-order valence-electron chi connectivity index (χ2n) is 7.36. The molecule has 1 atom stereocenters. The van der Waals surface area contributed by atoms with Gasteiger partial charge in [-0.25, -0.2) is 0 Å². The van der Waals surface area contributed by atoms with Crippen LogP contribution in [0.15, 0.2) is 24.3 Å². The van der Waals surface area contributed by atoms with E-state index in [1.54, 1.807) is 4.90 Å². The number of carbonyl (C=O) groups is 2. The molecule has 1 fully saturated rings. The van der Waals surface area contributed by atoms with Gasteiger partial charge < -0.3 is 14.7 Å². The highest BCUT2D eigenvalue weighted by molar-refractivity contribution is 6.01. The van der Waals surface area contributed by atoms with Gasteiger partial charge in [-0.15, -0.1) is 0 Å². The minimum absolute atomic E-state index is 0.00118. The van der Waals surface area contributed by atoms with Gasteiger partial charge in [0, 0.05) is 38.3 Å². The minimum Gasteiger partial charge on any atom is -0.338 e. The van der Waals surface area contributed by atoms with Gasteiger partial charge in [-0.3, -0.25) is 9.59 Å². The number of likely N-dealkylation sites (N-methyl/N-ethyl adjacent to an activating group) is 1. The van der Waals surface area contributed by atoms with Crippen LogP contribution < -0.4 is 0 Å². The fourth-order valence-electron chi connectivity index (χ4n) is 3.57. The third-order valence-corrected chi connectivity index (χ3v) is 5.02. The van der Waals surface area contributed by atoms with E-state index in [-0.39, 0.29) is 17.9 Å². The molecule has 0 bridgehead atoms. The largest absolute Gasteiger partial charge is 0.338 e. The number of hydrogen-bond acceptors (Lipinski definition) is 3. The number of nitrogens with zero attached hydrogens (tertiary/aromatic N) is 3. The van der Waals surface area contributed by atoms with Gasteiger partial charge in [-0.2, -0.15) is 0 Å². The van der Waals surface area contributed by atoms with Gasteiger partial charge in [0.1, 0.15) is 6.04 Å². The average Bonchev–Trinajstić information content (AvgIpc) is 2.90. The molecule has 24 heavy (non-hydrogen) atoms. The Morgan fingerprint density at radius 3 is 2.42 bits per heavy atom. The summed E-state index contributed by atoms with van der Waals surface area (Å²) in [6, 6.07) is 7.34. The van der Waals surface area contributed by atoms with Crippen molar-refractivity contribution in [2.24, 2.45) is 5.92 Å². The maximum absolute atomic E-state index is 13.1. The summed E-state index contributed by atoms with van der Waals surface area (Å²) in [6.45, 7) is 8.06. The monoisotopic (exact) mass is 329 g/mol. The molecule has 2 aliphatic rings. The molecule has 0 aliphatic carbocycles. The van der Waals surface area contributed by atoms with Gasteiger partial charge in [0.15, 0.2) is 0 Å². The highest BCUT2D eigenvalue weighted by Crippen LogP contribution is 2.27. The molecule has 1 saturated heterocycles. The first-order valence-corrected chi connectivity index (χ1v) is 8.83. The number of benzene rings is 1. The van der Waals surface area contributed by atoms with E-state index in [1.165, 1.54) is 0 Å². The SMILES string of the molecule is CC(C)C[C@H](C(=O)N1CCN(C)CC1)N1Cc2ccccc2C1=O. The zero-order valence-corrected chi connectivity index (χ0v) is 14.9. The smallest absolute Gasteiger partial charge is 0.255 e. The summed E-state index contributed by atoms with van der Waals surface area (Å²) in [7, 11) is 2.08. The van der Waals surface area contributed by atoms with E-state index in [9.17, 15) is 9.59 Å². The van der Waals surface area contributed by atoms with Crippen LogP contribution in [0.3, 0.4) is 0 Å². The predicted octanol–water partition coefficient (Wildman–Crippen LogP) is 1.83. The van der Waals surface area contributed by atoms with E-state index < -0.39 is 0 Å². The molecule has 3 rings (SSSR count). The van der Waals surface area contributed by atoms with Crippen molar-refractivity contribution >= 4 is 11.8 Å². The number of hydrogen-bond donors (Lipinski definition) is 0. The summed E-state index contributed by atoms with van der Waals surface area (Å²) in [6.07, 6.45) is 0.713. The van der Waals surface area contributed by atoms with Crippen LogP contribution >= 0.6 is 0 Å². The van der Waals surface area contributed by atoms with Crippen molar-refractivity contribution < 1.29 is 9.59 Å². The molecule has 2 amide bonds. The van der Waals surface area contributed by atoms with Gasteiger partial charge in [0.2, 0.25) is 5.91 Å². The van der Waals surface area contributed by atoms with Crippen LogP contribution in [0, 0.1) is 5.92 Å². The maximum Gasteiger partial charge on any atom is 0.255 e. The van der Waals surface area contributed by atoms with E-state index in [2.05, 4.69) is 25.8 Å². The predicted molar refractivity (Wildman–Crippen MR) is 93.6 cm³/mol. The van der Waals surface area contributed by atoms with Crippen LogP contribution in [0.2, 0.25) is 0 Å². The summed E-state index contributed by atoms with van der Waals surface area (Å²) in [4.78, 5) is 31.9. The van der Waals surface area contributed by atoms with E-state index in [0.29, 0.717) is 18.9 Å². The molecule has 0 unspecified atom stereocenters. The van der Waals surface area contributed by atoms with Crippen LogP contribution in [0.25, 0.3) is 0 Å². The Bertz CT molecular complexity index is 621. The van der Waals surface area contributed by atoms with Crippen LogP contribution in [0.4, 0.5) is 0 Å². The zero-order valence-electron chi connectivity index (χ0n) is 14.9. The van der Waals surface area contributed by atoms with Crippen molar-refractivity contribution in [3.8, 4) is 0 Å². The number of fused-ring (bicyclic) bond motifs is 1. The Morgan fingerprint density at radius 2 is 1.79 bits per heavy atom. The lowest BCUT2D eigenvalue weighted by Crippen LogP contribution is -2.54. The van der Waals surface area contributed by atoms with E-state index in [0.717, 1.165) is 37.3 Å². The molecule has 0 spiro atoms. The van der Waals surface area contributed by atoms with Gasteiger partial charge in [-0.1, -0.05) is 32.0 Å². The van der Waals surface area contributed by atoms with E-state index in [4.69, 9.17) is 0 Å². The number of piperazine rings is 1. The molecule has 0 saturated carbocycles. The fraction of sp³-hybridized carbons (Fsp3) is 0.579. The normalized spacial score (nSPS) is 19.8. The van der Waals surface area contributed by atoms with Gasteiger partial charge in [-0.05, 0) is 31.0 Å². The summed E-state index contributed by atoms with van der Waals surface area (Å²) in [5.74, 6) is 0.472. The van der Waals surface area contributed by atoms with E-state index >= 15 is 0 Å². The molecule has 5 nitrogen and oxygen atoms in total. The summed E-state index contributed by atoms with van der Waals surface area (Å²) in [5, 5.41) is 0. The lowest BCUT2D eigenvalue weighted by Gasteiger charge is -2.37. The summed E-state index contributed by atoms with van der Waals surface area (Å²) in [5.41, 5.74) is 1.78. The third kappa shape index (κ3) is 3.31. The lowest BCUT2D eigenvalue weighted by atomic mass is 10.0. The highest BCUT2D eigenvalue weighted by Gasteiger charge is 2.38. The fourth-order valence-corrected chi connectivity index (χ4v) is 3.57. The number of rotatable bonds is 4. The van der Waals surface area contributed by atoms with Crippen molar-refractivity contribution in [3.05, 3.63) is 35.4 Å². The Labute approximate surface area is 144 Å². The average molecular weight is 329 g/mol. The van der Waals surface area contributed by atoms with Crippen LogP contribution in [0.1, 0.15) is 36.2 Å². The quantitative estimate of drug-likeness (QED) is 0.846. The van der Waals surface area contributed by atoms with Crippen LogP contribution in [-0.2, 0) is 11.3 Å². The lowest BCUT2D eigenvalue weighted by molar-refractivity contribution is -0.138. The molecule has 130 valence electrons. The molecular formula is C19H27N3O2. The highest BCUT2D eigenvalue weighted by atomic mass is 16.2. The molecule has 1 aromatic carbocycles. The molecule has 5 heteroatoms. The second kappa shape index (κ2) is 6.93. The first kappa shape index (κ1) is 17.0. The van der Waals surface area contributed by atoms with Crippen molar-refractivity contribution in [3.63, 3.8) is 0 Å². The first-order chi connectivity index (χ1) is 11.5. The van der Waals surface area contributed by atoms with Crippen molar-refractivity contribution in [2.45, 2.75) is 32.9 Å². The zero-order chi connectivity index (χ0) is 17.3. The summed E-state index contributed by atoms with van der Waals surface area (Å²) < 4.78 is 0. The van der Waals surface area contributed by atoms with Gasteiger partial charge in [0.05, 0.1) is 0 Å². The third-order valence-electron chi connectivity index (χ3n) is 5.02. The standard InChI is InChI=1S/C19H27N3O2/c1-14(2)12-17(19(24)21-10-8-20(3)9-11-21)22-13-15-6-4-5-7-16(15)18(22)23/h4-7,14,17H,8-13H2,1-3H3/t17-/m1/s1. The Morgan fingerprint density at radius 1 is 1.12 bits per heavy atom. The first-order valence-electron chi connectivity index (χ1n) is 8.83. The van der Waals surface area contributed by atoms with Crippen molar-refractivity contribution in [1.29, 1.82) is 0 Å². The van der Waals surface area contributed by atoms with Gasteiger partial charge >= 0.3 is 0 Å². The Balaban J connectivity index is 1.80. The van der Waals surface area contributed by atoms with Gasteiger partial charge in [0.25, 0.3) is 5.91 Å². The molecular weight excluding hydrogens is 302 g/mol. The van der Waals surface area contributed by atoms with Crippen LogP contribution in [-0.4, -0.2) is 65.8 Å². The van der Waals surface area contributed by atoms with E-state index in [1.807, 2.05) is 29.2 Å².